The fourth-order valence-corrected chi connectivity index (χ4v) is 2.37. The lowest BCUT2D eigenvalue weighted by molar-refractivity contribution is -0.121. The highest BCUT2D eigenvalue weighted by Crippen LogP contribution is 2.17. The van der Waals surface area contributed by atoms with Crippen LogP contribution >= 0.6 is 0 Å². The first-order valence-corrected chi connectivity index (χ1v) is 7.80. The van der Waals surface area contributed by atoms with Gasteiger partial charge in [0, 0.05) is 30.8 Å². The minimum atomic E-state index is 0.0220. The van der Waals surface area contributed by atoms with E-state index >= 15 is 0 Å². The van der Waals surface area contributed by atoms with Gasteiger partial charge in [-0.05, 0) is 37.1 Å². The SMILES string of the molecule is COc1ccccc1CNC(=O)CCNc1cc(C)ccc1C. The van der Waals surface area contributed by atoms with E-state index in [0.717, 1.165) is 17.0 Å². The van der Waals surface area contributed by atoms with Crippen molar-refractivity contribution in [3.63, 3.8) is 0 Å². The fourth-order valence-electron chi connectivity index (χ4n) is 2.37. The molecule has 0 aliphatic carbocycles. The predicted molar refractivity (Wildman–Crippen MR) is 93.9 cm³/mol. The van der Waals surface area contributed by atoms with Gasteiger partial charge in [-0.15, -0.1) is 0 Å². The first kappa shape index (κ1) is 16.9. The zero-order chi connectivity index (χ0) is 16.7. The van der Waals surface area contributed by atoms with Crippen LogP contribution < -0.4 is 15.4 Å². The molecule has 0 atom stereocenters. The van der Waals surface area contributed by atoms with Gasteiger partial charge in [0.25, 0.3) is 0 Å². The van der Waals surface area contributed by atoms with Crippen molar-refractivity contribution in [1.82, 2.24) is 5.32 Å². The van der Waals surface area contributed by atoms with Crippen molar-refractivity contribution in [2.45, 2.75) is 26.8 Å². The molecule has 2 rings (SSSR count). The molecule has 0 unspecified atom stereocenters. The molecule has 2 N–H and O–H groups in total. The number of benzene rings is 2. The van der Waals surface area contributed by atoms with Crippen molar-refractivity contribution in [2.24, 2.45) is 0 Å². The minimum absolute atomic E-state index is 0.0220. The molecule has 0 saturated carbocycles. The van der Waals surface area contributed by atoms with Crippen LogP contribution in [-0.4, -0.2) is 19.6 Å². The molecule has 0 aromatic heterocycles. The number of amides is 1. The van der Waals surface area contributed by atoms with Crippen LogP contribution in [0.3, 0.4) is 0 Å². The Morgan fingerprint density at radius 3 is 2.70 bits per heavy atom. The highest BCUT2D eigenvalue weighted by Gasteiger charge is 2.05. The number of hydrogen-bond acceptors (Lipinski definition) is 3. The largest absolute Gasteiger partial charge is 0.496 e. The molecule has 0 aliphatic rings. The van der Waals surface area contributed by atoms with E-state index in [1.54, 1.807) is 7.11 Å². The van der Waals surface area contributed by atoms with E-state index in [9.17, 15) is 4.79 Å². The summed E-state index contributed by atoms with van der Waals surface area (Å²) in [6.07, 6.45) is 0.433. The standard InChI is InChI=1S/C19H24N2O2/c1-14-8-9-15(2)17(12-14)20-11-10-19(22)21-13-16-6-4-5-7-18(16)23-3/h4-9,12,20H,10-11,13H2,1-3H3,(H,21,22). The van der Waals surface area contributed by atoms with E-state index < -0.39 is 0 Å². The van der Waals surface area contributed by atoms with Crippen molar-refractivity contribution >= 4 is 11.6 Å². The number of ether oxygens (including phenoxy) is 1. The zero-order valence-corrected chi connectivity index (χ0v) is 14.0. The van der Waals surface area contributed by atoms with Gasteiger partial charge < -0.3 is 15.4 Å². The molecule has 2 aromatic carbocycles. The molecule has 0 spiro atoms. The van der Waals surface area contributed by atoms with Crippen LogP contribution in [0, 0.1) is 13.8 Å². The first-order chi connectivity index (χ1) is 11.1. The molecular weight excluding hydrogens is 288 g/mol. The minimum Gasteiger partial charge on any atom is -0.496 e. The Morgan fingerprint density at radius 2 is 1.91 bits per heavy atom. The average molecular weight is 312 g/mol. The van der Waals surface area contributed by atoms with Crippen LogP contribution in [0.25, 0.3) is 0 Å². The summed E-state index contributed by atoms with van der Waals surface area (Å²) in [4.78, 5) is 12.0. The third-order valence-corrected chi connectivity index (χ3v) is 3.73. The number of methoxy groups -OCH3 is 1. The lowest BCUT2D eigenvalue weighted by Crippen LogP contribution is -2.25. The molecule has 0 aliphatic heterocycles. The summed E-state index contributed by atoms with van der Waals surface area (Å²) in [5, 5.41) is 6.25. The summed E-state index contributed by atoms with van der Waals surface area (Å²) in [6.45, 7) is 5.21. The zero-order valence-electron chi connectivity index (χ0n) is 14.0. The predicted octanol–water partition coefficient (Wildman–Crippen LogP) is 3.43. The summed E-state index contributed by atoms with van der Waals surface area (Å²) in [5.41, 5.74) is 4.46. The Kier molecular flexibility index (Phi) is 6.03. The summed E-state index contributed by atoms with van der Waals surface area (Å²) >= 11 is 0. The molecule has 0 bridgehead atoms. The van der Waals surface area contributed by atoms with Gasteiger partial charge in [-0.1, -0.05) is 30.3 Å². The van der Waals surface area contributed by atoms with Gasteiger partial charge in [-0.25, -0.2) is 0 Å². The van der Waals surface area contributed by atoms with E-state index in [-0.39, 0.29) is 5.91 Å². The second kappa shape index (κ2) is 8.22. The molecule has 0 radical (unpaired) electrons. The number of carbonyl (C=O) groups excluding carboxylic acids is 1. The van der Waals surface area contributed by atoms with Crippen LogP contribution in [0.15, 0.2) is 42.5 Å². The lowest BCUT2D eigenvalue weighted by atomic mass is 10.1. The van der Waals surface area contributed by atoms with E-state index in [4.69, 9.17) is 4.74 Å². The van der Waals surface area contributed by atoms with Crippen LogP contribution in [0.1, 0.15) is 23.1 Å². The van der Waals surface area contributed by atoms with Crippen LogP contribution in [0.4, 0.5) is 5.69 Å². The summed E-state index contributed by atoms with van der Waals surface area (Å²) in [5.74, 6) is 0.815. The number of rotatable bonds is 7. The van der Waals surface area contributed by atoms with Gasteiger partial charge in [0.15, 0.2) is 0 Å². The van der Waals surface area contributed by atoms with Crippen molar-refractivity contribution in [2.75, 3.05) is 19.0 Å². The van der Waals surface area contributed by atoms with Crippen molar-refractivity contribution < 1.29 is 9.53 Å². The lowest BCUT2D eigenvalue weighted by Gasteiger charge is -2.11. The van der Waals surface area contributed by atoms with Gasteiger partial charge in [0.05, 0.1) is 7.11 Å². The van der Waals surface area contributed by atoms with E-state index in [2.05, 4.69) is 42.7 Å². The van der Waals surface area contributed by atoms with Crippen molar-refractivity contribution in [3.8, 4) is 5.75 Å². The molecule has 23 heavy (non-hydrogen) atoms. The Balaban J connectivity index is 1.78. The molecule has 0 heterocycles. The summed E-state index contributed by atoms with van der Waals surface area (Å²) < 4.78 is 5.28. The number of para-hydroxylation sites is 1. The molecule has 122 valence electrons. The van der Waals surface area contributed by atoms with E-state index in [0.29, 0.717) is 19.5 Å². The molecule has 0 fully saturated rings. The van der Waals surface area contributed by atoms with Gasteiger partial charge in [-0.3, -0.25) is 4.79 Å². The number of hydrogen-bond donors (Lipinski definition) is 2. The molecule has 4 nitrogen and oxygen atoms in total. The van der Waals surface area contributed by atoms with Crippen LogP contribution in [-0.2, 0) is 11.3 Å². The average Bonchev–Trinajstić information content (AvgIpc) is 2.56. The second-order valence-corrected chi connectivity index (χ2v) is 5.58. The van der Waals surface area contributed by atoms with Gasteiger partial charge in [0.1, 0.15) is 5.75 Å². The summed E-state index contributed by atoms with van der Waals surface area (Å²) in [7, 11) is 1.63. The molecule has 2 aromatic rings. The summed E-state index contributed by atoms with van der Waals surface area (Å²) in [6, 6.07) is 14.0. The Morgan fingerprint density at radius 1 is 1.13 bits per heavy atom. The Hall–Kier alpha value is -2.49. The molecular formula is C19H24N2O2. The van der Waals surface area contributed by atoms with Crippen molar-refractivity contribution in [1.29, 1.82) is 0 Å². The number of nitrogens with one attached hydrogen (secondary N) is 2. The molecule has 1 amide bonds. The van der Waals surface area contributed by atoms with Gasteiger partial charge in [-0.2, -0.15) is 0 Å². The second-order valence-electron chi connectivity index (χ2n) is 5.58. The first-order valence-electron chi connectivity index (χ1n) is 7.80. The topological polar surface area (TPSA) is 50.4 Å². The highest BCUT2D eigenvalue weighted by atomic mass is 16.5. The van der Waals surface area contributed by atoms with Gasteiger partial charge >= 0.3 is 0 Å². The maximum atomic E-state index is 12.0. The molecule has 0 saturated heterocycles. The Bertz CT molecular complexity index is 668. The van der Waals surface area contributed by atoms with Crippen LogP contribution in [0.5, 0.6) is 5.75 Å². The monoisotopic (exact) mass is 312 g/mol. The van der Waals surface area contributed by atoms with E-state index in [1.807, 2.05) is 24.3 Å². The third kappa shape index (κ3) is 5.02. The maximum Gasteiger partial charge on any atom is 0.222 e. The van der Waals surface area contributed by atoms with Crippen LogP contribution in [0.2, 0.25) is 0 Å². The number of aryl methyl sites for hydroxylation is 2. The maximum absolute atomic E-state index is 12.0. The quantitative estimate of drug-likeness (QED) is 0.823. The number of carbonyl (C=O) groups is 1. The molecule has 4 heteroatoms. The Labute approximate surface area is 137 Å². The van der Waals surface area contributed by atoms with E-state index in [1.165, 1.54) is 11.1 Å². The third-order valence-electron chi connectivity index (χ3n) is 3.73. The van der Waals surface area contributed by atoms with Crippen molar-refractivity contribution in [3.05, 3.63) is 59.2 Å². The smallest absolute Gasteiger partial charge is 0.222 e. The number of anilines is 1. The van der Waals surface area contributed by atoms with Gasteiger partial charge in [0.2, 0.25) is 5.91 Å². The highest BCUT2D eigenvalue weighted by molar-refractivity contribution is 5.76. The fraction of sp³-hybridized carbons (Fsp3) is 0.316. The normalized spacial score (nSPS) is 10.2.